The van der Waals surface area contributed by atoms with Gasteiger partial charge in [0.05, 0.1) is 6.61 Å². The van der Waals surface area contributed by atoms with Gasteiger partial charge in [-0.25, -0.2) is 0 Å². The summed E-state index contributed by atoms with van der Waals surface area (Å²) >= 11 is 5.78. The minimum absolute atomic E-state index is 0.620. The van der Waals surface area contributed by atoms with Gasteiger partial charge in [-0.05, 0) is 0 Å². The number of hydrogen-bond donors (Lipinski definition) is 0. The molecule has 1 aliphatic rings. The van der Waals surface area contributed by atoms with Gasteiger partial charge in [0.2, 0.25) is 0 Å². The van der Waals surface area contributed by atoms with Crippen molar-refractivity contribution in [1.82, 2.24) is 4.98 Å². The molecule has 2 nitrogen and oxygen atoms in total. The zero-order valence-corrected chi connectivity index (χ0v) is 6.06. The van der Waals surface area contributed by atoms with Crippen LogP contribution in [0.15, 0.2) is 12.4 Å². The van der Waals surface area contributed by atoms with Gasteiger partial charge in [0.15, 0.2) is 0 Å². The molecule has 0 unspecified atom stereocenters. The molecule has 2 rings (SSSR count). The number of nitrogens with zero attached hydrogens (tertiary/aromatic N) is 1. The van der Waals surface area contributed by atoms with Gasteiger partial charge in [0, 0.05) is 24.4 Å². The van der Waals surface area contributed by atoms with Crippen LogP contribution >= 0.6 is 11.6 Å². The molecule has 0 amide bonds. The molecule has 0 aromatic carbocycles. The number of pyridine rings is 1. The number of rotatable bonds is 0. The van der Waals surface area contributed by atoms with Crippen molar-refractivity contribution >= 4 is 11.6 Å². The molecule has 0 spiro atoms. The molecule has 0 bridgehead atoms. The average molecular weight is 156 g/mol. The van der Waals surface area contributed by atoms with E-state index in [1.165, 1.54) is 0 Å². The van der Waals surface area contributed by atoms with Gasteiger partial charge in [-0.15, -0.1) is 0 Å². The molecule has 2 heterocycles. The minimum atomic E-state index is 0.620. The molecule has 0 saturated carbocycles. The summed E-state index contributed by atoms with van der Waals surface area (Å²) in [7, 11) is 0. The number of hydrogen-bond acceptors (Lipinski definition) is 2. The highest BCUT2D eigenvalue weighted by molar-refractivity contribution is 6.32. The van der Waals surface area contributed by atoms with E-state index in [-0.39, 0.29) is 0 Å². The third-order valence-corrected chi connectivity index (χ3v) is 1.81. The van der Waals surface area contributed by atoms with Gasteiger partial charge in [-0.3, -0.25) is 4.98 Å². The number of aromatic nitrogens is 1. The molecular formula is C7H6ClNO. The Morgan fingerprint density at radius 3 is 3.20 bits per heavy atom. The van der Waals surface area contributed by atoms with E-state index in [2.05, 4.69) is 4.98 Å². The van der Waals surface area contributed by atoms with Gasteiger partial charge in [0.25, 0.3) is 0 Å². The van der Waals surface area contributed by atoms with E-state index >= 15 is 0 Å². The molecule has 0 atom stereocenters. The van der Waals surface area contributed by atoms with Gasteiger partial charge >= 0.3 is 0 Å². The van der Waals surface area contributed by atoms with Crippen LogP contribution in [-0.4, -0.2) is 11.6 Å². The van der Waals surface area contributed by atoms with Crippen molar-refractivity contribution in [2.24, 2.45) is 0 Å². The van der Waals surface area contributed by atoms with E-state index < -0.39 is 0 Å². The lowest BCUT2D eigenvalue weighted by Gasteiger charge is -1.98. The van der Waals surface area contributed by atoms with Crippen LogP contribution in [0.5, 0.6) is 5.75 Å². The first-order valence-electron chi connectivity index (χ1n) is 3.13. The van der Waals surface area contributed by atoms with Crippen LogP contribution in [-0.2, 0) is 6.42 Å². The van der Waals surface area contributed by atoms with Crippen molar-refractivity contribution < 1.29 is 4.74 Å². The Balaban J connectivity index is 2.59. The molecule has 10 heavy (non-hydrogen) atoms. The van der Waals surface area contributed by atoms with Crippen molar-refractivity contribution in [3.63, 3.8) is 0 Å². The van der Waals surface area contributed by atoms with Gasteiger partial charge in [-0.2, -0.15) is 0 Å². The molecule has 0 saturated heterocycles. The average Bonchev–Trinajstić information content (AvgIpc) is 2.36. The minimum Gasteiger partial charge on any atom is -0.491 e. The predicted octanol–water partition coefficient (Wildman–Crippen LogP) is 1.67. The Labute approximate surface area is 63.8 Å². The second-order valence-electron chi connectivity index (χ2n) is 2.21. The normalized spacial score (nSPS) is 14.5. The van der Waals surface area contributed by atoms with E-state index in [9.17, 15) is 0 Å². The maximum absolute atomic E-state index is 5.78. The fourth-order valence-corrected chi connectivity index (χ4v) is 1.30. The predicted molar refractivity (Wildman–Crippen MR) is 38.4 cm³/mol. The lowest BCUT2D eigenvalue weighted by molar-refractivity contribution is 0.357. The molecule has 1 aromatic heterocycles. The van der Waals surface area contributed by atoms with Crippen LogP contribution in [0.2, 0.25) is 5.02 Å². The highest BCUT2D eigenvalue weighted by Crippen LogP contribution is 2.31. The Morgan fingerprint density at radius 2 is 2.40 bits per heavy atom. The third-order valence-electron chi connectivity index (χ3n) is 1.54. The molecule has 3 heteroatoms. The SMILES string of the molecule is Clc1cncc2c1OCC2. The van der Waals surface area contributed by atoms with Crippen LogP contribution in [0.25, 0.3) is 0 Å². The topological polar surface area (TPSA) is 22.1 Å². The van der Waals surface area contributed by atoms with Crippen molar-refractivity contribution in [1.29, 1.82) is 0 Å². The summed E-state index contributed by atoms with van der Waals surface area (Å²) in [5, 5.41) is 0.620. The van der Waals surface area contributed by atoms with E-state index in [4.69, 9.17) is 16.3 Å². The van der Waals surface area contributed by atoms with E-state index in [1.54, 1.807) is 12.4 Å². The first kappa shape index (κ1) is 5.98. The molecule has 0 fully saturated rings. The van der Waals surface area contributed by atoms with Crippen LogP contribution in [0.1, 0.15) is 5.56 Å². The largest absolute Gasteiger partial charge is 0.491 e. The fourth-order valence-electron chi connectivity index (χ4n) is 1.07. The van der Waals surface area contributed by atoms with Gasteiger partial charge in [0.1, 0.15) is 10.8 Å². The number of ether oxygens (including phenoxy) is 1. The summed E-state index contributed by atoms with van der Waals surface area (Å²) in [6.07, 6.45) is 4.34. The summed E-state index contributed by atoms with van der Waals surface area (Å²) in [5.74, 6) is 0.816. The Kier molecular flexibility index (Phi) is 1.27. The Bertz CT molecular complexity index is 262. The number of fused-ring (bicyclic) bond motifs is 1. The van der Waals surface area contributed by atoms with Crippen LogP contribution in [0.3, 0.4) is 0 Å². The number of halogens is 1. The zero-order valence-electron chi connectivity index (χ0n) is 5.30. The third kappa shape index (κ3) is 0.762. The van der Waals surface area contributed by atoms with Crippen molar-refractivity contribution in [2.45, 2.75) is 6.42 Å². The molecule has 52 valence electrons. The molecule has 0 aliphatic carbocycles. The van der Waals surface area contributed by atoms with E-state index in [0.717, 1.165) is 24.3 Å². The smallest absolute Gasteiger partial charge is 0.144 e. The lowest BCUT2D eigenvalue weighted by atomic mass is 10.2. The maximum Gasteiger partial charge on any atom is 0.144 e. The summed E-state index contributed by atoms with van der Waals surface area (Å²) < 4.78 is 5.26. The van der Waals surface area contributed by atoms with Crippen molar-refractivity contribution in [2.75, 3.05) is 6.61 Å². The lowest BCUT2D eigenvalue weighted by Crippen LogP contribution is -1.86. The molecule has 0 radical (unpaired) electrons. The summed E-state index contributed by atoms with van der Waals surface area (Å²) in [5.41, 5.74) is 1.12. The van der Waals surface area contributed by atoms with Crippen LogP contribution in [0.4, 0.5) is 0 Å². The maximum atomic E-state index is 5.78. The highest BCUT2D eigenvalue weighted by Gasteiger charge is 2.14. The van der Waals surface area contributed by atoms with Gasteiger partial charge < -0.3 is 4.74 Å². The van der Waals surface area contributed by atoms with E-state index in [1.807, 2.05) is 0 Å². The fraction of sp³-hybridized carbons (Fsp3) is 0.286. The monoisotopic (exact) mass is 155 g/mol. The second-order valence-corrected chi connectivity index (χ2v) is 2.62. The molecule has 1 aromatic rings. The second kappa shape index (κ2) is 2.13. The van der Waals surface area contributed by atoms with Gasteiger partial charge in [-0.1, -0.05) is 11.6 Å². The summed E-state index contributed by atoms with van der Waals surface area (Å²) in [4.78, 5) is 3.94. The first-order chi connectivity index (χ1) is 4.88. The zero-order chi connectivity index (χ0) is 6.97. The molecule has 1 aliphatic heterocycles. The first-order valence-corrected chi connectivity index (χ1v) is 3.51. The van der Waals surface area contributed by atoms with Crippen molar-refractivity contribution in [3.8, 4) is 5.75 Å². The van der Waals surface area contributed by atoms with Crippen LogP contribution < -0.4 is 4.74 Å². The van der Waals surface area contributed by atoms with Crippen LogP contribution in [0, 0.1) is 0 Å². The summed E-state index contributed by atoms with van der Waals surface area (Å²) in [6.45, 7) is 0.737. The van der Waals surface area contributed by atoms with Crippen molar-refractivity contribution in [3.05, 3.63) is 23.0 Å². The molecule has 0 N–H and O–H groups in total. The highest BCUT2D eigenvalue weighted by atomic mass is 35.5. The van der Waals surface area contributed by atoms with E-state index in [0.29, 0.717) is 5.02 Å². The molecular weight excluding hydrogens is 150 g/mol. The quantitative estimate of drug-likeness (QED) is 0.569. The summed E-state index contributed by atoms with van der Waals surface area (Å²) in [6, 6.07) is 0. The standard InChI is InChI=1S/C7H6ClNO/c8-6-4-9-3-5-1-2-10-7(5)6/h3-4H,1-2H2. The Morgan fingerprint density at radius 1 is 1.50 bits per heavy atom. The Hall–Kier alpha value is -0.760.